The molecule has 0 radical (unpaired) electrons. The zero-order valence-corrected chi connectivity index (χ0v) is 16.0. The largest absolute Gasteiger partial charge is 0.493 e. The first kappa shape index (κ1) is 18.5. The molecule has 0 saturated carbocycles. The van der Waals surface area contributed by atoms with Crippen LogP contribution in [0.15, 0.2) is 47.6 Å². The van der Waals surface area contributed by atoms with Crippen molar-refractivity contribution in [1.29, 1.82) is 0 Å². The standard InChI is InChI=1S/C20H24ClN3O2/c1-23-9-11-24(12-10-23)22-14-16-7-8-19(20(13-16)25-2)26-15-17-5-3-4-6-18(17)21/h3-8,13-14H,9-12,15H2,1-2H3/p+1/b22-14-. The molecular formula is C20H25ClN3O2+. The minimum absolute atomic E-state index is 0.396. The average molecular weight is 375 g/mol. The highest BCUT2D eigenvalue weighted by atomic mass is 35.5. The predicted octanol–water partition coefficient (Wildman–Crippen LogP) is 2.09. The van der Waals surface area contributed by atoms with Gasteiger partial charge in [-0.2, -0.15) is 5.10 Å². The van der Waals surface area contributed by atoms with Crippen LogP contribution in [-0.4, -0.2) is 51.6 Å². The molecule has 2 aromatic rings. The summed E-state index contributed by atoms with van der Waals surface area (Å²) in [5.74, 6) is 1.37. The van der Waals surface area contributed by atoms with E-state index in [0.717, 1.165) is 37.3 Å². The summed E-state index contributed by atoms with van der Waals surface area (Å²) in [5.41, 5.74) is 1.93. The van der Waals surface area contributed by atoms with E-state index in [4.69, 9.17) is 21.1 Å². The van der Waals surface area contributed by atoms with Crippen LogP contribution in [0.25, 0.3) is 0 Å². The Morgan fingerprint density at radius 3 is 2.65 bits per heavy atom. The second kappa shape index (κ2) is 8.92. The molecule has 0 atom stereocenters. The first-order chi connectivity index (χ1) is 12.7. The zero-order chi connectivity index (χ0) is 18.4. The van der Waals surface area contributed by atoms with Crippen molar-refractivity contribution in [1.82, 2.24) is 5.01 Å². The molecule has 0 amide bonds. The molecule has 138 valence electrons. The average Bonchev–Trinajstić information content (AvgIpc) is 2.67. The smallest absolute Gasteiger partial charge is 0.161 e. The van der Waals surface area contributed by atoms with Gasteiger partial charge in [0.2, 0.25) is 0 Å². The Bertz CT molecular complexity index is 758. The normalized spacial score (nSPS) is 15.4. The van der Waals surface area contributed by atoms with E-state index in [-0.39, 0.29) is 0 Å². The summed E-state index contributed by atoms with van der Waals surface area (Å²) in [6.45, 7) is 4.61. The van der Waals surface area contributed by atoms with E-state index in [1.54, 1.807) is 12.0 Å². The number of nitrogens with zero attached hydrogens (tertiary/aromatic N) is 2. The van der Waals surface area contributed by atoms with Crippen LogP contribution in [-0.2, 0) is 6.61 Å². The molecular weight excluding hydrogens is 350 g/mol. The topological polar surface area (TPSA) is 38.5 Å². The molecule has 0 aromatic heterocycles. The van der Waals surface area contributed by atoms with Crippen LogP contribution in [0.3, 0.4) is 0 Å². The Morgan fingerprint density at radius 2 is 1.92 bits per heavy atom. The van der Waals surface area contributed by atoms with E-state index in [9.17, 15) is 0 Å². The second-order valence-corrected chi connectivity index (χ2v) is 6.85. The Labute approximate surface area is 159 Å². The van der Waals surface area contributed by atoms with Crippen LogP contribution in [0.2, 0.25) is 5.02 Å². The SMILES string of the molecule is COc1cc(/C=N\N2CC[NH+](C)CC2)ccc1OCc1ccccc1Cl. The van der Waals surface area contributed by atoms with Crippen LogP contribution >= 0.6 is 11.6 Å². The quantitative estimate of drug-likeness (QED) is 0.787. The number of benzene rings is 2. The fourth-order valence-electron chi connectivity index (χ4n) is 2.80. The van der Waals surface area contributed by atoms with Crippen molar-refractivity contribution in [2.75, 3.05) is 40.3 Å². The second-order valence-electron chi connectivity index (χ2n) is 6.45. The lowest BCUT2D eigenvalue weighted by Gasteiger charge is -2.27. The van der Waals surface area contributed by atoms with Crippen LogP contribution in [0.4, 0.5) is 0 Å². The molecule has 0 unspecified atom stereocenters. The minimum Gasteiger partial charge on any atom is -0.493 e. The van der Waals surface area contributed by atoms with Crippen molar-refractivity contribution in [2.45, 2.75) is 6.61 Å². The Morgan fingerprint density at radius 1 is 1.15 bits per heavy atom. The molecule has 1 fully saturated rings. The first-order valence-electron chi connectivity index (χ1n) is 8.80. The van der Waals surface area contributed by atoms with Gasteiger partial charge in [0.15, 0.2) is 11.5 Å². The molecule has 26 heavy (non-hydrogen) atoms. The van der Waals surface area contributed by atoms with Crippen molar-refractivity contribution in [3.63, 3.8) is 0 Å². The summed E-state index contributed by atoms with van der Waals surface area (Å²) in [5, 5.41) is 7.39. The van der Waals surface area contributed by atoms with Gasteiger partial charge in [0.1, 0.15) is 6.61 Å². The third-order valence-corrected chi connectivity index (χ3v) is 4.86. The summed E-state index contributed by atoms with van der Waals surface area (Å²) in [7, 11) is 3.86. The van der Waals surface area contributed by atoms with Crippen LogP contribution in [0.5, 0.6) is 11.5 Å². The molecule has 1 aliphatic heterocycles. The van der Waals surface area contributed by atoms with Gasteiger partial charge in [-0.15, -0.1) is 0 Å². The van der Waals surface area contributed by atoms with Gasteiger partial charge in [-0.05, 0) is 29.8 Å². The molecule has 0 spiro atoms. The molecule has 3 rings (SSSR count). The maximum atomic E-state index is 6.18. The highest BCUT2D eigenvalue weighted by Crippen LogP contribution is 2.29. The number of piperazine rings is 1. The number of hydrazone groups is 1. The Balaban J connectivity index is 1.64. The summed E-state index contributed by atoms with van der Waals surface area (Å²) in [6, 6.07) is 13.5. The number of hydrogen-bond acceptors (Lipinski definition) is 4. The number of quaternary nitrogens is 1. The van der Waals surface area contributed by atoms with E-state index < -0.39 is 0 Å². The van der Waals surface area contributed by atoms with E-state index in [1.807, 2.05) is 48.7 Å². The van der Waals surface area contributed by atoms with Crippen molar-refractivity contribution >= 4 is 17.8 Å². The van der Waals surface area contributed by atoms with Crippen molar-refractivity contribution in [2.24, 2.45) is 5.10 Å². The van der Waals surface area contributed by atoms with Crippen molar-refractivity contribution < 1.29 is 14.4 Å². The van der Waals surface area contributed by atoms with Gasteiger partial charge >= 0.3 is 0 Å². The van der Waals surface area contributed by atoms with E-state index in [2.05, 4.69) is 17.2 Å². The summed E-state index contributed by atoms with van der Waals surface area (Å²) < 4.78 is 11.4. The molecule has 1 saturated heterocycles. The first-order valence-corrected chi connectivity index (χ1v) is 9.18. The lowest BCUT2D eigenvalue weighted by molar-refractivity contribution is -0.884. The molecule has 6 heteroatoms. The number of methoxy groups -OCH3 is 1. The molecule has 1 heterocycles. The van der Waals surface area contributed by atoms with Gasteiger partial charge in [0.25, 0.3) is 0 Å². The van der Waals surface area contributed by atoms with E-state index in [0.29, 0.717) is 23.1 Å². The Hall–Kier alpha value is -2.24. The van der Waals surface area contributed by atoms with Crippen molar-refractivity contribution in [3.05, 3.63) is 58.6 Å². The van der Waals surface area contributed by atoms with Crippen LogP contribution in [0, 0.1) is 0 Å². The summed E-state index contributed by atoms with van der Waals surface area (Å²) >= 11 is 6.18. The number of likely N-dealkylation sites (N-methyl/N-ethyl adjacent to an activating group) is 1. The van der Waals surface area contributed by atoms with Gasteiger partial charge in [0.05, 0.1) is 46.6 Å². The highest BCUT2D eigenvalue weighted by molar-refractivity contribution is 6.31. The molecule has 5 nitrogen and oxygen atoms in total. The maximum absolute atomic E-state index is 6.18. The lowest BCUT2D eigenvalue weighted by atomic mass is 10.2. The number of ether oxygens (including phenoxy) is 2. The van der Waals surface area contributed by atoms with Crippen LogP contribution in [0.1, 0.15) is 11.1 Å². The van der Waals surface area contributed by atoms with Gasteiger partial charge in [0, 0.05) is 10.6 Å². The van der Waals surface area contributed by atoms with Gasteiger partial charge < -0.3 is 14.4 Å². The minimum atomic E-state index is 0.396. The Kier molecular flexibility index (Phi) is 6.36. The highest BCUT2D eigenvalue weighted by Gasteiger charge is 2.14. The molecule has 1 aliphatic rings. The summed E-state index contributed by atoms with van der Waals surface area (Å²) in [4.78, 5) is 1.55. The molecule has 1 N–H and O–H groups in total. The molecule has 0 bridgehead atoms. The molecule has 0 aliphatic carbocycles. The third-order valence-electron chi connectivity index (χ3n) is 4.49. The monoisotopic (exact) mass is 374 g/mol. The number of halogens is 1. The lowest BCUT2D eigenvalue weighted by Crippen LogP contribution is -3.11. The fraction of sp³-hybridized carbons (Fsp3) is 0.350. The van der Waals surface area contributed by atoms with Crippen LogP contribution < -0.4 is 14.4 Å². The summed E-state index contributed by atoms with van der Waals surface area (Å²) in [6.07, 6.45) is 1.88. The van der Waals surface area contributed by atoms with E-state index in [1.165, 1.54) is 0 Å². The fourth-order valence-corrected chi connectivity index (χ4v) is 2.99. The van der Waals surface area contributed by atoms with Gasteiger partial charge in [-0.25, -0.2) is 0 Å². The van der Waals surface area contributed by atoms with Crippen molar-refractivity contribution in [3.8, 4) is 11.5 Å². The number of rotatable bonds is 6. The van der Waals surface area contributed by atoms with Gasteiger partial charge in [-0.1, -0.05) is 29.8 Å². The maximum Gasteiger partial charge on any atom is 0.161 e. The van der Waals surface area contributed by atoms with Gasteiger partial charge in [-0.3, -0.25) is 5.01 Å². The molecule has 2 aromatic carbocycles. The predicted molar refractivity (Wildman–Crippen MR) is 105 cm³/mol. The zero-order valence-electron chi connectivity index (χ0n) is 15.2. The number of nitrogens with one attached hydrogen (secondary N) is 1. The third kappa shape index (κ3) is 4.90. The number of hydrogen-bond donors (Lipinski definition) is 1. The van der Waals surface area contributed by atoms with E-state index >= 15 is 0 Å².